The number of hydrogen-bond acceptors (Lipinski definition) is 2. The van der Waals surface area contributed by atoms with Crippen molar-refractivity contribution in [3.05, 3.63) is 71.6 Å². The molecule has 0 radical (unpaired) electrons. The van der Waals surface area contributed by atoms with Crippen LogP contribution in [0.15, 0.2) is 54.6 Å². The number of ether oxygens (including phenoxy) is 1. The van der Waals surface area contributed by atoms with Crippen molar-refractivity contribution in [1.82, 2.24) is 4.90 Å². The molecule has 2 aromatic rings. The summed E-state index contributed by atoms with van der Waals surface area (Å²) in [6, 6.07) is 13.6. The van der Waals surface area contributed by atoms with Gasteiger partial charge in [0.2, 0.25) is 5.91 Å². The van der Waals surface area contributed by atoms with Crippen molar-refractivity contribution < 1.29 is 13.9 Å². The predicted octanol–water partition coefficient (Wildman–Crippen LogP) is 3.51. The van der Waals surface area contributed by atoms with Gasteiger partial charge >= 0.3 is 0 Å². The van der Waals surface area contributed by atoms with Crippen LogP contribution in [0.5, 0.6) is 5.75 Å². The van der Waals surface area contributed by atoms with Crippen molar-refractivity contribution >= 4 is 12.0 Å². The molecule has 0 aliphatic heterocycles. The smallest absolute Gasteiger partial charge is 0.246 e. The number of benzene rings is 2. The maximum Gasteiger partial charge on any atom is 0.246 e. The normalized spacial score (nSPS) is 10.7. The molecule has 0 spiro atoms. The molecule has 0 saturated carbocycles. The zero-order chi connectivity index (χ0) is 15.9. The molecule has 0 N–H and O–H groups in total. The molecule has 2 aromatic carbocycles. The van der Waals surface area contributed by atoms with Crippen LogP contribution < -0.4 is 4.74 Å². The average Bonchev–Trinajstić information content (AvgIpc) is 2.54. The highest BCUT2D eigenvalue weighted by atomic mass is 19.1. The van der Waals surface area contributed by atoms with E-state index in [0.717, 1.165) is 16.9 Å². The van der Waals surface area contributed by atoms with Crippen molar-refractivity contribution in [1.29, 1.82) is 0 Å². The van der Waals surface area contributed by atoms with E-state index in [1.165, 1.54) is 18.2 Å². The third-order valence-electron chi connectivity index (χ3n) is 3.24. The molecule has 4 heteroatoms. The molecule has 0 aliphatic rings. The highest BCUT2D eigenvalue weighted by Crippen LogP contribution is 2.13. The molecule has 0 unspecified atom stereocenters. The van der Waals surface area contributed by atoms with Crippen LogP contribution in [0.3, 0.4) is 0 Å². The van der Waals surface area contributed by atoms with Gasteiger partial charge in [-0.1, -0.05) is 24.3 Å². The van der Waals surface area contributed by atoms with E-state index in [4.69, 9.17) is 4.74 Å². The maximum atomic E-state index is 12.8. The largest absolute Gasteiger partial charge is 0.497 e. The van der Waals surface area contributed by atoms with Crippen LogP contribution in [0.1, 0.15) is 11.1 Å². The zero-order valence-corrected chi connectivity index (χ0v) is 12.6. The summed E-state index contributed by atoms with van der Waals surface area (Å²) < 4.78 is 17.9. The monoisotopic (exact) mass is 299 g/mol. The molecule has 0 aliphatic carbocycles. The van der Waals surface area contributed by atoms with E-state index in [1.54, 1.807) is 37.3 Å². The third-order valence-corrected chi connectivity index (χ3v) is 3.24. The molecule has 22 heavy (non-hydrogen) atoms. The van der Waals surface area contributed by atoms with Crippen molar-refractivity contribution in [3.8, 4) is 5.75 Å². The second kappa shape index (κ2) is 7.41. The minimum atomic E-state index is -0.292. The molecule has 0 atom stereocenters. The molecule has 0 bridgehead atoms. The van der Waals surface area contributed by atoms with Crippen LogP contribution in [0.25, 0.3) is 6.08 Å². The van der Waals surface area contributed by atoms with E-state index in [-0.39, 0.29) is 11.7 Å². The van der Waals surface area contributed by atoms with Crippen LogP contribution in [0, 0.1) is 5.82 Å². The lowest BCUT2D eigenvalue weighted by Gasteiger charge is -2.15. The fraction of sp³-hybridized carbons (Fsp3) is 0.167. The van der Waals surface area contributed by atoms with E-state index in [2.05, 4.69) is 0 Å². The van der Waals surface area contributed by atoms with Gasteiger partial charge in [-0.15, -0.1) is 0 Å². The van der Waals surface area contributed by atoms with Crippen LogP contribution in [0.4, 0.5) is 4.39 Å². The van der Waals surface area contributed by atoms with Crippen molar-refractivity contribution in [2.45, 2.75) is 6.54 Å². The Morgan fingerprint density at radius 1 is 1.14 bits per heavy atom. The van der Waals surface area contributed by atoms with Gasteiger partial charge in [-0.25, -0.2) is 4.39 Å². The van der Waals surface area contributed by atoms with Gasteiger partial charge in [-0.3, -0.25) is 4.79 Å². The van der Waals surface area contributed by atoms with Crippen LogP contribution in [-0.2, 0) is 11.3 Å². The summed E-state index contributed by atoms with van der Waals surface area (Å²) in [7, 11) is 3.35. The molecule has 2 rings (SSSR count). The number of amides is 1. The van der Waals surface area contributed by atoms with E-state index in [1.807, 2.05) is 24.3 Å². The first-order valence-electron chi connectivity index (χ1n) is 6.90. The van der Waals surface area contributed by atoms with Gasteiger partial charge < -0.3 is 9.64 Å². The van der Waals surface area contributed by atoms with Gasteiger partial charge in [0.05, 0.1) is 7.11 Å². The molecule has 0 aromatic heterocycles. The summed E-state index contributed by atoms with van der Waals surface area (Å²) >= 11 is 0. The molecule has 3 nitrogen and oxygen atoms in total. The lowest BCUT2D eigenvalue weighted by atomic mass is 10.2. The standard InChI is InChI=1S/C18H18FNO2/c1-20(13-15-5-10-17(22-2)11-6-15)18(21)12-7-14-3-8-16(19)9-4-14/h3-12H,13H2,1-2H3/b12-7+. The summed E-state index contributed by atoms with van der Waals surface area (Å²) in [5.74, 6) is 0.383. The van der Waals surface area contributed by atoms with E-state index in [9.17, 15) is 9.18 Å². The van der Waals surface area contributed by atoms with E-state index in [0.29, 0.717) is 6.54 Å². The topological polar surface area (TPSA) is 29.5 Å². The Kier molecular flexibility index (Phi) is 5.31. The maximum absolute atomic E-state index is 12.8. The Morgan fingerprint density at radius 3 is 2.36 bits per heavy atom. The summed E-state index contributed by atoms with van der Waals surface area (Å²) in [4.78, 5) is 13.7. The quantitative estimate of drug-likeness (QED) is 0.791. The van der Waals surface area contributed by atoms with Gasteiger partial charge in [0, 0.05) is 19.7 Å². The second-order valence-corrected chi connectivity index (χ2v) is 4.93. The molecule has 0 heterocycles. The Hall–Kier alpha value is -2.62. The lowest BCUT2D eigenvalue weighted by Crippen LogP contribution is -2.24. The highest BCUT2D eigenvalue weighted by Gasteiger charge is 2.06. The van der Waals surface area contributed by atoms with Gasteiger partial charge in [0.15, 0.2) is 0 Å². The number of carbonyl (C=O) groups is 1. The van der Waals surface area contributed by atoms with Crippen molar-refractivity contribution in [2.75, 3.05) is 14.2 Å². The van der Waals surface area contributed by atoms with Crippen molar-refractivity contribution in [3.63, 3.8) is 0 Å². The van der Waals surface area contributed by atoms with Crippen molar-refractivity contribution in [2.24, 2.45) is 0 Å². The first kappa shape index (κ1) is 15.8. The van der Waals surface area contributed by atoms with Crippen LogP contribution >= 0.6 is 0 Å². The first-order chi connectivity index (χ1) is 10.6. The SMILES string of the molecule is COc1ccc(CN(C)C(=O)/C=C/c2ccc(F)cc2)cc1. The number of nitrogens with zero attached hydrogens (tertiary/aromatic N) is 1. The molecular weight excluding hydrogens is 281 g/mol. The minimum Gasteiger partial charge on any atom is -0.497 e. The molecule has 0 fully saturated rings. The summed E-state index contributed by atoms with van der Waals surface area (Å²) in [5, 5.41) is 0. The summed E-state index contributed by atoms with van der Waals surface area (Å²) in [5.41, 5.74) is 1.81. The Morgan fingerprint density at radius 2 is 1.77 bits per heavy atom. The number of hydrogen-bond donors (Lipinski definition) is 0. The zero-order valence-electron chi connectivity index (χ0n) is 12.6. The Bertz CT molecular complexity index is 648. The third kappa shape index (κ3) is 4.45. The lowest BCUT2D eigenvalue weighted by molar-refractivity contribution is -0.125. The average molecular weight is 299 g/mol. The predicted molar refractivity (Wildman–Crippen MR) is 84.9 cm³/mol. The number of halogens is 1. The highest BCUT2D eigenvalue weighted by molar-refractivity contribution is 5.91. The Labute approximate surface area is 129 Å². The fourth-order valence-electron chi connectivity index (χ4n) is 1.95. The van der Waals surface area contributed by atoms with Gasteiger partial charge in [0.25, 0.3) is 0 Å². The molecule has 1 amide bonds. The van der Waals surface area contributed by atoms with Gasteiger partial charge in [-0.05, 0) is 41.5 Å². The van der Waals surface area contributed by atoms with Crippen LogP contribution in [-0.4, -0.2) is 25.0 Å². The number of methoxy groups -OCH3 is 1. The first-order valence-corrected chi connectivity index (χ1v) is 6.90. The summed E-state index contributed by atoms with van der Waals surface area (Å²) in [6.07, 6.45) is 3.16. The number of rotatable bonds is 5. The molecule has 114 valence electrons. The van der Waals surface area contributed by atoms with Gasteiger partial charge in [-0.2, -0.15) is 0 Å². The van der Waals surface area contributed by atoms with Gasteiger partial charge in [0.1, 0.15) is 11.6 Å². The number of likely N-dealkylation sites (N-methyl/N-ethyl adjacent to an activating group) is 1. The number of carbonyl (C=O) groups excluding carboxylic acids is 1. The minimum absolute atomic E-state index is 0.111. The fourth-order valence-corrected chi connectivity index (χ4v) is 1.95. The molecular formula is C18H18FNO2. The van der Waals surface area contributed by atoms with E-state index >= 15 is 0 Å². The summed E-state index contributed by atoms with van der Waals surface area (Å²) in [6.45, 7) is 0.511. The van der Waals surface area contributed by atoms with E-state index < -0.39 is 0 Å². The van der Waals surface area contributed by atoms with Crippen LogP contribution in [0.2, 0.25) is 0 Å². The Balaban J connectivity index is 1.94. The molecule has 0 saturated heterocycles. The second-order valence-electron chi connectivity index (χ2n) is 4.93.